The molecule has 0 N–H and O–H groups in total. The van der Waals surface area contributed by atoms with Crippen molar-refractivity contribution in [2.75, 3.05) is 5.75 Å². The summed E-state index contributed by atoms with van der Waals surface area (Å²) < 4.78 is 17.1. The van der Waals surface area contributed by atoms with Gasteiger partial charge in [-0.05, 0) is 24.3 Å². The first-order chi connectivity index (χ1) is 9.72. The van der Waals surface area contributed by atoms with Crippen LogP contribution in [0.25, 0.3) is 0 Å². The number of carbonyl (C=O) groups excluding carboxylic acids is 1. The van der Waals surface area contributed by atoms with Crippen molar-refractivity contribution in [3.05, 3.63) is 59.9 Å². The number of esters is 1. The quantitative estimate of drug-likeness (QED) is 0.794. The van der Waals surface area contributed by atoms with Crippen LogP contribution in [0, 0.1) is 0 Å². The molecule has 2 rings (SSSR count). The highest BCUT2D eigenvalue weighted by Crippen LogP contribution is 2.15. The predicted molar refractivity (Wildman–Crippen MR) is 76.7 cm³/mol. The van der Waals surface area contributed by atoms with Crippen LogP contribution in [-0.2, 0) is 22.1 Å². The van der Waals surface area contributed by atoms with Gasteiger partial charge in [0.05, 0.1) is 27.0 Å². The van der Waals surface area contributed by atoms with Crippen molar-refractivity contribution in [1.82, 2.24) is 4.98 Å². The number of benzene rings is 1. The van der Waals surface area contributed by atoms with Gasteiger partial charge in [-0.3, -0.25) is 9.19 Å². The molecule has 0 aliphatic rings. The lowest BCUT2D eigenvalue weighted by Crippen LogP contribution is -2.10. The normalized spacial score (nSPS) is 11.8. The standard InChI is InChI=1S/C15H15NO3S/c1-2-20(18)14-9-4-3-8-13(14)15(17)19-11-12-7-5-6-10-16-12/h3-10H,2,11H2,1H3. The maximum absolute atomic E-state index is 12.1. The molecule has 1 atom stereocenters. The summed E-state index contributed by atoms with van der Waals surface area (Å²) >= 11 is 0. The fourth-order valence-corrected chi connectivity index (χ4v) is 2.63. The number of hydrogen-bond acceptors (Lipinski definition) is 4. The maximum Gasteiger partial charge on any atom is 0.339 e. The zero-order chi connectivity index (χ0) is 14.4. The molecule has 5 heteroatoms. The van der Waals surface area contributed by atoms with E-state index in [-0.39, 0.29) is 6.61 Å². The second-order valence-corrected chi connectivity index (χ2v) is 5.74. The van der Waals surface area contributed by atoms with E-state index < -0.39 is 16.8 Å². The first-order valence-electron chi connectivity index (χ1n) is 6.26. The Morgan fingerprint density at radius 3 is 2.65 bits per heavy atom. The van der Waals surface area contributed by atoms with Crippen LogP contribution in [0.4, 0.5) is 0 Å². The fourth-order valence-electron chi connectivity index (χ4n) is 1.69. The van der Waals surface area contributed by atoms with E-state index in [1.165, 1.54) is 0 Å². The Labute approximate surface area is 120 Å². The van der Waals surface area contributed by atoms with Gasteiger partial charge in [-0.25, -0.2) is 4.79 Å². The van der Waals surface area contributed by atoms with Gasteiger partial charge in [0.25, 0.3) is 0 Å². The minimum absolute atomic E-state index is 0.104. The molecule has 1 unspecified atom stereocenters. The fraction of sp³-hybridized carbons (Fsp3) is 0.200. The van der Waals surface area contributed by atoms with Crippen LogP contribution >= 0.6 is 0 Å². The summed E-state index contributed by atoms with van der Waals surface area (Å²) in [7, 11) is -1.19. The Balaban J connectivity index is 2.12. The molecule has 4 nitrogen and oxygen atoms in total. The molecule has 0 saturated heterocycles. The van der Waals surface area contributed by atoms with E-state index in [9.17, 15) is 9.00 Å². The summed E-state index contributed by atoms with van der Waals surface area (Å²) in [4.78, 5) is 16.7. The van der Waals surface area contributed by atoms with Gasteiger partial charge < -0.3 is 4.74 Å². The third-order valence-electron chi connectivity index (χ3n) is 2.69. The molecule has 1 heterocycles. The van der Waals surface area contributed by atoms with Crippen molar-refractivity contribution in [1.29, 1.82) is 0 Å². The van der Waals surface area contributed by atoms with E-state index in [0.717, 1.165) is 0 Å². The van der Waals surface area contributed by atoms with Crippen LogP contribution < -0.4 is 0 Å². The van der Waals surface area contributed by atoms with Gasteiger partial charge in [0.1, 0.15) is 6.61 Å². The van der Waals surface area contributed by atoms with Crippen molar-refractivity contribution in [3.8, 4) is 0 Å². The van der Waals surface area contributed by atoms with Crippen molar-refractivity contribution in [2.45, 2.75) is 18.4 Å². The molecule has 0 aliphatic heterocycles. The molecule has 0 fully saturated rings. The molecule has 0 spiro atoms. The summed E-state index contributed by atoms with van der Waals surface area (Å²) in [6.07, 6.45) is 1.64. The summed E-state index contributed by atoms with van der Waals surface area (Å²) in [6.45, 7) is 1.92. The van der Waals surface area contributed by atoms with Crippen LogP contribution in [0.2, 0.25) is 0 Å². The highest BCUT2D eigenvalue weighted by Gasteiger charge is 2.15. The third kappa shape index (κ3) is 3.51. The molecule has 2 aromatic rings. The molecule has 0 saturated carbocycles. The minimum atomic E-state index is -1.19. The molecular formula is C15H15NO3S. The van der Waals surface area contributed by atoms with Gasteiger partial charge in [-0.2, -0.15) is 0 Å². The first-order valence-corrected chi connectivity index (χ1v) is 7.58. The number of rotatable bonds is 5. The number of hydrogen-bond donors (Lipinski definition) is 0. The summed E-state index contributed by atoms with van der Waals surface area (Å²) in [6, 6.07) is 12.2. The molecule has 1 aromatic carbocycles. The van der Waals surface area contributed by atoms with Crippen LogP contribution in [0.5, 0.6) is 0 Å². The largest absolute Gasteiger partial charge is 0.456 e. The average Bonchev–Trinajstić information content (AvgIpc) is 2.52. The Kier molecular flexibility index (Phi) is 5.01. The molecule has 104 valence electrons. The second-order valence-electron chi connectivity index (χ2n) is 4.03. The summed E-state index contributed by atoms with van der Waals surface area (Å²) in [5.41, 5.74) is 1.03. The SMILES string of the molecule is CCS(=O)c1ccccc1C(=O)OCc1ccccn1. The second kappa shape index (κ2) is 6.96. The lowest BCUT2D eigenvalue weighted by Gasteiger charge is -2.08. The zero-order valence-electron chi connectivity index (χ0n) is 11.1. The number of nitrogens with zero attached hydrogens (tertiary/aromatic N) is 1. The van der Waals surface area contributed by atoms with Crippen molar-refractivity contribution < 1.29 is 13.7 Å². The van der Waals surface area contributed by atoms with E-state index in [0.29, 0.717) is 21.9 Å². The number of pyridine rings is 1. The van der Waals surface area contributed by atoms with Crippen molar-refractivity contribution >= 4 is 16.8 Å². The van der Waals surface area contributed by atoms with Crippen LogP contribution in [0.3, 0.4) is 0 Å². The van der Waals surface area contributed by atoms with Gasteiger partial charge in [0, 0.05) is 11.9 Å². The zero-order valence-corrected chi connectivity index (χ0v) is 11.9. The Hall–Kier alpha value is -2.01. The van der Waals surface area contributed by atoms with Crippen molar-refractivity contribution in [3.63, 3.8) is 0 Å². The van der Waals surface area contributed by atoms with E-state index in [1.54, 1.807) is 42.6 Å². The van der Waals surface area contributed by atoms with Gasteiger partial charge in [0.2, 0.25) is 0 Å². The minimum Gasteiger partial charge on any atom is -0.456 e. The van der Waals surface area contributed by atoms with Crippen LogP contribution in [-0.4, -0.2) is 20.9 Å². The van der Waals surface area contributed by atoms with E-state index in [2.05, 4.69) is 4.98 Å². The van der Waals surface area contributed by atoms with E-state index >= 15 is 0 Å². The van der Waals surface area contributed by atoms with Gasteiger partial charge in [-0.15, -0.1) is 0 Å². The number of carbonyl (C=O) groups is 1. The Bertz CT molecular complexity index is 614. The molecule has 20 heavy (non-hydrogen) atoms. The highest BCUT2D eigenvalue weighted by atomic mass is 32.2. The molecule has 1 aromatic heterocycles. The van der Waals surface area contributed by atoms with E-state index in [4.69, 9.17) is 4.74 Å². The molecule has 0 bridgehead atoms. The summed E-state index contributed by atoms with van der Waals surface area (Å²) in [5, 5.41) is 0. The van der Waals surface area contributed by atoms with Crippen molar-refractivity contribution in [2.24, 2.45) is 0 Å². The predicted octanol–water partition coefficient (Wildman–Crippen LogP) is 2.57. The highest BCUT2D eigenvalue weighted by molar-refractivity contribution is 7.85. The third-order valence-corrected chi connectivity index (χ3v) is 4.06. The summed E-state index contributed by atoms with van der Waals surface area (Å²) in [5.74, 6) is -0.0158. The van der Waals surface area contributed by atoms with Crippen LogP contribution in [0.1, 0.15) is 23.0 Å². The van der Waals surface area contributed by atoms with E-state index in [1.807, 2.05) is 13.0 Å². The molecule has 0 aliphatic carbocycles. The molecule has 0 amide bonds. The molecule has 0 radical (unpaired) electrons. The smallest absolute Gasteiger partial charge is 0.339 e. The van der Waals surface area contributed by atoms with Gasteiger partial charge in [-0.1, -0.05) is 25.1 Å². The monoisotopic (exact) mass is 289 g/mol. The maximum atomic E-state index is 12.1. The van der Waals surface area contributed by atoms with Gasteiger partial charge >= 0.3 is 5.97 Å². The Morgan fingerprint density at radius 2 is 1.95 bits per heavy atom. The molecular weight excluding hydrogens is 274 g/mol. The lowest BCUT2D eigenvalue weighted by atomic mass is 10.2. The lowest BCUT2D eigenvalue weighted by molar-refractivity contribution is 0.0463. The number of aromatic nitrogens is 1. The van der Waals surface area contributed by atoms with Gasteiger partial charge in [0.15, 0.2) is 0 Å². The number of ether oxygens (including phenoxy) is 1. The van der Waals surface area contributed by atoms with Crippen LogP contribution in [0.15, 0.2) is 53.6 Å². The first kappa shape index (κ1) is 14.4. The Morgan fingerprint density at radius 1 is 1.20 bits per heavy atom. The topological polar surface area (TPSA) is 56.3 Å². The average molecular weight is 289 g/mol.